The van der Waals surface area contributed by atoms with Crippen LogP contribution in [-0.2, 0) is 26.9 Å². The number of para-hydroxylation sites is 1. The highest BCUT2D eigenvalue weighted by Gasteiger charge is 2.30. The van der Waals surface area contributed by atoms with Gasteiger partial charge in [-0.25, -0.2) is 19.9 Å². The molecule has 0 amide bonds. The van der Waals surface area contributed by atoms with Crippen molar-refractivity contribution in [3.05, 3.63) is 172 Å². The number of benzene rings is 3. The van der Waals surface area contributed by atoms with Gasteiger partial charge in [-0.15, -0.1) is 0 Å². The summed E-state index contributed by atoms with van der Waals surface area (Å²) in [6.07, 6.45) is 14.4. The Hall–Kier alpha value is -5.79. The Balaban J connectivity index is 0.000000165. The van der Waals surface area contributed by atoms with Crippen molar-refractivity contribution in [2.75, 3.05) is 5.73 Å². The smallest absolute Gasteiger partial charge is 0.263 e. The molecule has 2 atom stereocenters. The first-order chi connectivity index (χ1) is 31.3. The molecule has 1 fully saturated rings. The first-order valence-electron chi connectivity index (χ1n) is 21.2. The molecule has 0 saturated heterocycles. The van der Waals surface area contributed by atoms with Crippen LogP contribution in [-0.4, -0.2) is 48.6 Å². The molecule has 0 radical (unpaired) electrons. The molecule has 0 bridgehead atoms. The summed E-state index contributed by atoms with van der Waals surface area (Å²) in [4.78, 5) is 44.9. The molecule has 3 aromatic carbocycles. The molecule has 10 rings (SSSR count). The van der Waals surface area contributed by atoms with Crippen LogP contribution in [0.2, 0.25) is 5.28 Å². The van der Waals surface area contributed by atoms with Gasteiger partial charge in [-0.2, -0.15) is 10.2 Å². The Kier molecular flexibility index (Phi) is 12.7. The summed E-state index contributed by atoms with van der Waals surface area (Å²) >= 11 is 10.5. The zero-order chi connectivity index (χ0) is 45.5. The topological polar surface area (TPSA) is 157 Å². The summed E-state index contributed by atoms with van der Waals surface area (Å²) in [6, 6.07) is 26.3. The molecule has 1 aliphatic rings. The predicted molar refractivity (Wildman–Crippen MR) is 274 cm³/mol. The van der Waals surface area contributed by atoms with Gasteiger partial charge in [-0.05, 0) is 129 Å². The molecule has 0 unspecified atom stereocenters. The van der Waals surface area contributed by atoms with Gasteiger partial charge in [0.15, 0.2) is 0 Å². The summed E-state index contributed by atoms with van der Waals surface area (Å²) in [5.41, 5.74) is 14.1. The number of aryl methyl sites for hydroxylation is 2. The second-order valence-corrected chi connectivity index (χ2v) is 19.2. The molecule has 6 heterocycles. The van der Waals surface area contributed by atoms with Crippen molar-refractivity contribution in [3.63, 3.8) is 0 Å². The Bertz CT molecular complexity index is 3360. The maximum absolute atomic E-state index is 14.1. The molecular weight excluding hydrogens is 1060 g/mol. The summed E-state index contributed by atoms with van der Waals surface area (Å²) < 4.78 is 9.28. The second kappa shape index (κ2) is 18.6. The van der Waals surface area contributed by atoms with Crippen molar-refractivity contribution >= 4 is 84.3 Å². The number of nitrogens with zero attached hydrogens (tertiary/aromatic N) is 10. The van der Waals surface area contributed by atoms with E-state index in [1.54, 1.807) is 28.0 Å². The minimum absolute atomic E-state index is 0.00108. The van der Waals surface area contributed by atoms with Crippen LogP contribution >= 0.6 is 56.8 Å². The van der Waals surface area contributed by atoms with Crippen LogP contribution in [0.4, 0.5) is 5.95 Å². The Morgan fingerprint density at radius 1 is 0.692 bits per heavy atom. The molecule has 65 heavy (non-hydrogen) atoms. The standard InChI is InChI=1S/C26H21ClIN5O.C23H23IN6O/c1-16(11-22-21(28)14-29-26(27)31-22)23-12-17-7-6-10-20(18-13-30-32(2)15-18)24(17)25(34)33(23)19-8-4-3-5-9-19;1-13(8-19-18(24)11-26-23(25)28-19)20-9-14-4-3-5-17(15-10-27-29(2)12-15)21(14)22(31)30(20)16-6-7-16/h3-10,12-16H,11H2,1-2H3;3-5,9-13,16H,6-8H2,1-2H3,(H2,25,26,28)/t16-;13-/m11/s1. The second-order valence-electron chi connectivity index (χ2n) is 16.5. The lowest BCUT2D eigenvalue weighted by molar-refractivity contribution is 0.601. The lowest BCUT2D eigenvalue weighted by Crippen LogP contribution is -2.25. The number of pyridine rings is 2. The van der Waals surface area contributed by atoms with E-state index in [9.17, 15) is 9.59 Å². The number of hydrogen-bond acceptors (Lipinski definition) is 9. The Morgan fingerprint density at radius 3 is 1.80 bits per heavy atom. The third-order valence-corrected chi connectivity index (χ3v) is 13.8. The number of hydrogen-bond donors (Lipinski definition) is 1. The van der Waals surface area contributed by atoms with E-state index in [1.807, 2.05) is 109 Å². The minimum atomic E-state index is -0.0552. The van der Waals surface area contributed by atoms with Crippen molar-refractivity contribution in [2.24, 2.45) is 14.1 Å². The number of fused-ring (bicyclic) bond motifs is 2. The van der Waals surface area contributed by atoms with E-state index in [-0.39, 0.29) is 40.2 Å². The van der Waals surface area contributed by atoms with Crippen LogP contribution in [0.25, 0.3) is 49.5 Å². The summed E-state index contributed by atoms with van der Waals surface area (Å²) in [5.74, 6) is 0.392. The molecule has 2 N–H and O–H groups in total. The van der Waals surface area contributed by atoms with Gasteiger partial charge in [0.25, 0.3) is 11.1 Å². The Labute approximate surface area is 407 Å². The maximum atomic E-state index is 14.1. The van der Waals surface area contributed by atoms with Gasteiger partial charge in [-0.3, -0.25) is 23.5 Å². The fraction of sp³-hybridized carbons (Fsp3) is 0.224. The van der Waals surface area contributed by atoms with Gasteiger partial charge in [0.2, 0.25) is 11.2 Å². The highest BCUT2D eigenvalue weighted by molar-refractivity contribution is 14.1. The van der Waals surface area contributed by atoms with Crippen LogP contribution in [0.3, 0.4) is 0 Å². The van der Waals surface area contributed by atoms with Crippen molar-refractivity contribution in [3.8, 4) is 27.9 Å². The molecule has 6 aromatic heterocycles. The molecule has 0 spiro atoms. The zero-order valence-electron chi connectivity index (χ0n) is 36.0. The van der Waals surface area contributed by atoms with E-state index < -0.39 is 0 Å². The molecule has 16 heteroatoms. The number of aromatic nitrogens is 10. The maximum Gasteiger partial charge on any atom is 0.263 e. The van der Waals surface area contributed by atoms with Crippen LogP contribution in [0.5, 0.6) is 0 Å². The molecule has 328 valence electrons. The number of rotatable bonds is 10. The first-order valence-corrected chi connectivity index (χ1v) is 23.7. The number of nitrogen functional groups attached to an aromatic ring is 1. The Morgan fingerprint density at radius 2 is 1.23 bits per heavy atom. The quantitative estimate of drug-likeness (QED) is 0.104. The van der Waals surface area contributed by atoms with Crippen molar-refractivity contribution in [1.29, 1.82) is 0 Å². The van der Waals surface area contributed by atoms with Gasteiger partial charge >= 0.3 is 0 Å². The van der Waals surface area contributed by atoms with Crippen molar-refractivity contribution in [1.82, 2.24) is 48.6 Å². The third-order valence-electron chi connectivity index (χ3n) is 11.8. The number of anilines is 1. The van der Waals surface area contributed by atoms with Crippen LogP contribution < -0.4 is 16.9 Å². The fourth-order valence-corrected chi connectivity index (χ4v) is 9.66. The summed E-state index contributed by atoms with van der Waals surface area (Å²) in [5, 5.41) is 12.1. The van der Waals surface area contributed by atoms with E-state index in [4.69, 9.17) is 17.3 Å². The highest BCUT2D eigenvalue weighted by Crippen LogP contribution is 2.39. The average molecular weight is 1110 g/mol. The molecular formula is C49H44ClI2N11O2. The van der Waals surface area contributed by atoms with E-state index in [1.165, 1.54) is 0 Å². The van der Waals surface area contributed by atoms with Gasteiger partial charge < -0.3 is 10.3 Å². The van der Waals surface area contributed by atoms with Crippen LogP contribution in [0.1, 0.15) is 67.3 Å². The van der Waals surface area contributed by atoms with Crippen LogP contribution in [0, 0.1) is 7.14 Å². The van der Waals surface area contributed by atoms with Gasteiger partial charge in [0, 0.05) is 85.0 Å². The first kappa shape index (κ1) is 44.4. The van der Waals surface area contributed by atoms with Crippen LogP contribution in [0.15, 0.2) is 126 Å². The van der Waals surface area contributed by atoms with Crippen molar-refractivity contribution in [2.45, 2.75) is 57.4 Å². The van der Waals surface area contributed by atoms with E-state index in [0.29, 0.717) is 18.2 Å². The number of nitrogens with two attached hydrogens (primary N) is 1. The van der Waals surface area contributed by atoms with Gasteiger partial charge in [-0.1, -0.05) is 68.4 Å². The summed E-state index contributed by atoms with van der Waals surface area (Å²) in [6.45, 7) is 4.26. The molecule has 1 aliphatic carbocycles. The monoisotopic (exact) mass is 1110 g/mol. The third kappa shape index (κ3) is 9.22. The zero-order valence-corrected chi connectivity index (χ0v) is 41.1. The molecule has 13 nitrogen and oxygen atoms in total. The van der Waals surface area contributed by atoms with E-state index >= 15 is 0 Å². The minimum Gasteiger partial charge on any atom is -0.368 e. The fourth-order valence-electron chi connectivity index (χ4n) is 8.55. The average Bonchev–Trinajstić information content (AvgIpc) is 3.89. The summed E-state index contributed by atoms with van der Waals surface area (Å²) in [7, 11) is 3.76. The predicted octanol–water partition coefficient (Wildman–Crippen LogP) is 9.85. The van der Waals surface area contributed by atoms with Gasteiger partial charge in [0.05, 0.1) is 41.7 Å². The highest BCUT2D eigenvalue weighted by atomic mass is 127. The van der Waals surface area contributed by atoms with Crippen molar-refractivity contribution < 1.29 is 0 Å². The number of halogens is 3. The van der Waals surface area contributed by atoms with E-state index in [0.717, 1.165) is 86.9 Å². The van der Waals surface area contributed by atoms with Gasteiger partial charge in [0.1, 0.15) is 0 Å². The normalized spacial score (nSPS) is 13.5. The molecule has 0 aliphatic heterocycles. The van der Waals surface area contributed by atoms with E-state index in [2.05, 4.69) is 101 Å². The molecule has 1 saturated carbocycles. The lowest BCUT2D eigenvalue weighted by Gasteiger charge is -2.21. The largest absolute Gasteiger partial charge is 0.368 e. The molecule has 9 aromatic rings. The lowest BCUT2D eigenvalue weighted by atomic mass is 9.95. The SMILES string of the molecule is C[C@H](Cc1nc(Cl)ncc1I)c1cc2cccc(-c3cnn(C)c3)c2c(=O)n1-c1ccccc1.C[C@H](Cc1nc(N)ncc1I)c1cc2cccc(-c3cnn(C)c3)c2c(=O)n1C1CC1.